The first-order chi connectivity index (χ1) is 33.3. The summed E-state index contributed by atoms with van der Waals surface area (Å²) in [6.45, 7) is 13.1. The van der Waals surface area contributed by atoms with Crippen LogP contribution in [0.2, 0.25) is 0 Å². The van der Waals surface area contributed by atoms with Gasteiger partial charge in [-0.3, -0.25) is 14.4 Å². The number of primary sulfonamides is 1. The van der Waals surface area contributed by atoms with Gasteiger partial charge in [0, 0.05) is 42.6 Å². The lowest BCUT2D eigenvalue weighted by atomic mass is 9.85. The molecule has 3 aromatic carbocycles. The quantitative estimate of drug-likeness (QED) is 0.0337. The van der Waals surface area contributed by atoms with Crippen molar-refractivity contribution in [1.29, 1.82) is 0 Å². The number of carbonyl (C=O) groups is 3. The molecular weight excluding hydrogens is 1000 g/mol. The van der Waals surface area contributed by atoms with E-state index in [9.17, 15) is 49.5 Å². The number of likely N-dealkylation sites (tertiary alicyclic amines) is 1. The van der Waals surface area contributed by atoms with E-state index in [1.54, 1.807) is 16.8 Å². The number of rotatable bonds is 24. The third-order valence-electron chi connectivity index (χ3n) is 12.4. The molecule has 1 aliphatic heterocycles. The molecule has 5 rings (SSSR count). The monoisotopic (exact) mass is 1070 g/mol. The SMILES string of the molecule is CCN(CCCCCCC(=O)N[C@H](C(=O)N1C[C@H](O)C[C@H]1C(=O)N[C@@H](C)c1ccc(-c2scnc2C)cc1)C(C)(C)C)CC[C@H](CSc1ccccc1)Nc1ccc(S(N)(=O)=O)cc1S(=O)(=O)C(F)(F)F. The Labute approximate surface area is 423 Å². The number of thiazole rings is 1. The third kappa shape index (κ3) is 16.0. The summed E-state index contributed by atoms with van der Waals surface area (Å²) in [5.41, 5.74) is -2.18. The number of benzene rings is 3. The van der Waals surface area contributed by atoms with Crippen LogP contribution < -0.4 is 21.1 Å². The van der Waals surface area contributed by atoms with E-state index in [0.29, 0.717) is 50.7 Å². The van der Waals surface area contributed by atoms with Crippen molar-refractivity contribution in [3.63, 3.8) is 0 Å². The number of hydrogen-bond acceptors (Lipinski definition) is 13. The average Bonchev–Trinajstić information content (AvgIpc) is 3.93. The molecule has 1 aromatic heterocycles. The molecule has 0 saturated carbocycles. The Kier molecular flexibility index (Phi) is 20.1. The Hall–Kier alpha value is -4.58. The number of unbranched alkanes of at least 4 members (excludes halogenated alkanes) is 3. The maximum absolute atomic E-state index is 14.2. The molecule has 2 heterocycles. The van der Waals surface area contributed by atoms with Gasteiger partial charge in [0.25, 0.3) is 9.84 Å². The van der Waals surface area contributed by atoms with E-state index in [2.05, 4.69) is 25.8 Å². The largest absolute Gasteiger partial charge is 0.501 e. The van der Waals surface area contributed by atoms with Crippen molar-refractivity contribution < 1.29 is 49.5 Å². The molecule has 0 unspecified atom stereocenters. The summed E-state index contributed by atoms with van der Waals surface area (Å²) < 4.78 is 90.9. The van der Waals surface area contributed by atoms with Crippen LogP contribution >= 0.6 is 23.1 Å². The van der Waals surface area contributed by atoms with E-state index in [4.69, 9.17) is 5.14 Å². The summed E-state index contributed by atoms with van der Waals surface area (Å²) in [7, 11) is -10.5. The normalized spacial score (nSPS) is 16.9. The fourth-order valence-corrected chi connectivity index (χ4v) is 11.6. The molecule has 0 bridgehead atoms. The number of aliphatic hydroxyl groups excluding tert-OH is 1. The highest BCUT2D eigenvalue weighted by Gasteiger charge is 2.49. The van der Waals surface area contributed by atoms with Gasteiger partial charge in [0.05, 0.1) is 38.8 Å². The van der Waals surface area contributed by atoms with Crippen LogP contribution in [0.15, 0.2) is 93.0 Å². The second-order valence-corrected chi connectivity index (χ2v) is 24.3. The zero-order chi connectivity index (χ0) is 52.3. The number of nitrogens with two attached hydrogens (primary N) is 1. The van der Waals surface area contributed by atoms with E-state index in [-0.39, 0.29) is 31.3 Å². The number of alkyl halides is 3. The Morgan fingerprint density at radius 1 is 0.958 bits per heavy atom. The third-order valence-corrected chi connectivity index (χ3v) is 16.9. The smallest absolute Gasteiger partial charge is 0.391 e. The van der Waals surface area contributed by atoms with Crippen LogP contribution in [-0.2, 0) is 34.2 Å². The highest BCUT2D eigenvalue weighted by molar-refractivity contribution is 7.99. The Morgan fingerprint density at radius 3 is 2.24 bits per heavy atom. The van der Waals surface area contributed by atoms with Crippen LogP contribution in [0.4, 0.5) is 18.9 Å². The van der Waals surface area contributed by atoms with Crippen LogP contribution in [0.5, 0.6) is 0 Å². The molecule has 0 aliphatic carbocycles. The number of carbonyl (C=O) groups excluding carboxylic acids is 3. The van der Waals surface area contributed by atoms with Crippen molar-refractivity contribution in [2.75, 3.05) is 37.2 Å². The number of aryl methyl sites for hydroxylation is 1. The molecule has 1 aliphatic rings. The van der Waals surface area contributed by atoms with Gasteiger partial charge in [-0.25, -0.2) is 27.0 Å². The van der Waals surface area contributed by atoms with Crippen molar-refractivity contribution in [3.8, 4) is 10.4 Å². The van der Waals surface area contributed by atoms with Crippen LogP contribution in [0.1, 0.15) is 96.9 Å². The van der Waals surface area contributed by atoms with Crippen molar-refractivity contribution in [1.82, 2.24) is 25.4 Å². The molecule has 1 fully saturated rings. The van der Waals surface area contributed by atoms with Crippen LogP contribution in [0.3, 0.4) is 0 Å². The molecule has 0 spiro atoms. The molecular formula is C49H66F3N7O8S4. The number of aliphatic hydroxyl groups is 1. The summed E-state index contributed by atoms with van der Waals surface area (Å²) in [4.78, 5) is 49.0. The fourth-order valence-electron chi connectivity index (χ4n) is 8.27. The number of hydrogen-bond donors (Lipinski definition) is 5. The van der Waals surface area contributed by atoms with Gasteiger partial charge in [-0.2, -0.15) is 13.2 Å². The first-order valence-electron chi connectivity index (χ1n) is 23.5. The lowest BCUT2D eigenvalue weighted by Crippen LogP contribution is -2.57. The van der Waals surface area contributed by atoms with Crippen molar-refractivity contribution >= 4 is 66.4 Å². The van der Waals surface area contributed by atoms with Gasteiger partial charge in [0.1, 0.15) is 17.0 Å². The number of sulfone groups is 1. The zero-order valence-electron chi connectivity index (χ0n) is 40.9. The van der Waals surface area contributed by atoms with Gasteiger partial charge in [-0.05, 0) is 93.1 Å². The van der Waals surface area contributed by atoms with E-state index in [1.165, 1.54) is 16.7 Å². The molecule has 0 radical (unpaired) electrons. The van der Waals surface area contributed by atoms with Crippen LogP contribution in [-0.4, -0.2) is 116 Å². The molecule has 15 nitrogen and oxygen atoms in total. The summed E-state index contributed by atoms with van der Waals surface area (Å²) in [6, 6.07) is 16.7. The second kappa shape index (κ2) is 24.9. The number of sulfonamides is 1. The number of amides is 3. The van der Waals surface area contributed by atoms with Crippen LogP contribution in [0, 0.1) is 12.3 Å². The van der Waals surface area contributed by atoms with E-state index < -0.39 is 82.3 Å². The molecule has 71 heavy (non-hydrogen) atoms. The minimum Gasteiger partial charge on any atom is -0.391 e. The van der Waals surface area contributed by atoms with Gasteiger partial charge in [-0.1, -0.05) is 83.0 Å². The van der Waals surface area contributed by atoms with Crippen molar-refractivity contribution in [2.24, 2.45) is 10.6 Å². The topological polar surface area (TPSA) is 221 Å². The first kappa shape index (κ1) is 57.3. The molecule has 6 N–H and O–H groups in total. The summed E-state index contributed by atoms with van der Waals surface area (Å²) in [6.07, 6.45) is 2.54. The Morgan fingerprint density at radius 2 is 1.63 bits per heavy atom. The van der Waals surface area contributed by atoms with Gasteiger partial charge in [0.15, 0.2) is 0 Å². The second-order valence-electron chi connectivity index (χ2n) is 18.9. The van der Waals surface area contributed by atoms with Gasteiger partial charge < -0.3 is 30.9 Å². The van der Waals surface area contributed by atoms with E-state index in [0.717, 1.165) is 51.6 Å². The lowest BCUT2D eigenvalue weighted by molar-refractivity contribution is -0.144. The minimum atomic E-state index is -5.97. The summed E-state index contributed by atoms with van der Waals surface area (Å²) >= 11 is 2.98. The highest BCUT2D eigenvalue weighted by atomic mass is 32.2. The minimum absolute atomic E-state index is 0.0419. The molecule has 4 aromatic rings. The van der Waals surface area contributed by atoms with Crippen LogP contribution in [0.25, 0.3) is 10.4 Å². The van der Waals surface area contributed by atoms with Gasteiger partial charge in [0.2, 0.25) is 27.7 Å². The molecule has 3 amide bonds. The van der Waals surface area contributed by atoms with Gasteiger partial charge >= 0.3 is 5.51 Å². The number of nitrogens with one attached hydrogen (secondary N) is 3. The van der Waals surface area contributed by atoms with Crippen molar-refractivity contribution in [3.05, 3.63) is 89.6 Å². The van der Waals surface area contributed by atoms with E-state index >= 15 is 0 Å². The number of aromatic nitrogens is 1. The maximum Gasteiger partial charge on any atom is 0.501 e. The number of β-amino-alcohol motifs (C(OH)–C–C–N with tert-alkyl or cyclic N) is 1. The molecule has 22 heteroatoms. The summed E-state index contributed by atoms with van der Waals surface area (Å²) in [5.74, 6) is -0.803. The average molecular weight is 1070 g/mol. The Bertz CT molecular complexity index is 2650. The summed E-state index contributed by atoms with van der Waals surface area (Å²) in [5, 5.41) is 24.7. The Balaban J connectivity index is 1.12. The standard InChI is InChI=1S/C49H66F3N7O8S4/c1-7-58(26-24-36(30-68-38-15-11-10-12-16-38)56-40-23-22-39(71(53,66)67)28-42(40)70(64,65)49(50,51)52)25-14-9-8-13-17-43(61)57-45(48(4,5)6)47(63)59-29-37(60)27-41(59)46(62)55-32(2)34-18-20-35(21-19-34)44-33(3)54-31-69-44/h10-12,15-16,18-23,28,31-32,36-37,41,45,56,60H,7-9,13-14,17,24-27,29-30H2,1-6H3,(H,55,62)(H,57,61)(H2,53,66,67)/t32-,36+,37+,41-,45+/m0/s1. The number of thioether (sulfide) groups is 1. The lowest BCUT2D eigenvalue weighted by Gasteiger charge is -2.35. The predicted molar refractivity (Wildman–Crippen MR) is 272 cm³/mol. The predicted octanol–water partition coefficient (Wildman–Crippen LogP) is 7.66. The maximum atomic E-state index is 14.2. The number of nitrogens with zero attached hydrogens (tertiary/aromatic N) is 3. The highest BCUT2D eigenvalue weighted by Crippen LogP contribution is 2.37. The first-order valence-corrected chi connectivity index (χ1v) is 28.4. The van der Waals surface area contributed by atoms with Gasteiger partial charge in [-0.15, -0.1) is 23.1 Å². The van der Waals surface area contributed by atoms with E-state index in [1.807, 2.05) is 96.1 Å². The zero-order valence-corrected chi connectivity index (χ0v) is 44.1. The molecule has 1 saturated heterocycles. The molecule has 5 atom stereocenters. The number of anilines is 1. The fraction of sp³-hybridized carbons (Fsp3) is 0.510. The van der Waals surface area contributed by atoms with Crippen molar-refractivity contribution in [2.45, 2.75) is 137 Å². The number of halogens is 3. The molecule has 390 valence electrons.